The number of nitrogens with one attached hydrogen (secondary N) is 1. The van der Waals surface area contributed by atoms with Gasteiger partial charge in [-0.25, -0.2) is 9.48 Å². The van der Waals surface area contributed by atoms with Crippen LogP contribution < -0.4 is 5.32 Å². The molecule has 1 aliphatic rings. The number of nitrogens with zero attached hydrogens (tertiary/aromatic N) is 4. The third-order valence-electron chi connectivity index (χ3n) is 5.70. The molecule has 0 aliphatic carbocycles. The molecule has 1 saturated heterocycles. The molecule has 1 unspecified atom stereocenters. The minimum atomic E-state index is -4.81. The molecule has 1 fully saturated rings. The molecule has 0 bridgehead atoms. The van der Waals surface area contributed by atoms with E-state index in [1.165, 1.54) is 0 Å². The molecule has 3 amide bonds. The van der Waals surface area contributed by atoms with Gasteiger partial charge in [0.05, 0.1) is 11.3 Å². The molecule has 0 radical (unpaired) electrons. The van der Waals surface area contributed by atoms with Gasteiger partial charge in [0, 0.05) is 44.8 Å². The number of hydrogen-bond donors (Lipinski definition) is 1. The highest BCUT2D eigenvalue weighted by molar-refractivity contribution is 5.95. The van der Waals surface area contributed by atoms with Crippen molar-refractivity contribution in [1.29, 1.82) is 0 Å². The fraction of sp³-hybridized carbons (Fsp3) is 0.520. The van der Waals surface area contributed by atoms with Gasteiger partial charge in [-0.3, -0.25) is 9.59 Å². The summed E-state index contributed by atoms with van der Waals surface area (Å²) in [5, 5.41) is 6.03. The molecule has 1 aliphatic heterocycles. The van der Waals surface area contributed by atoms with Crippen LogP contribution in [0.25, 0.3) is 5.69 Å². The second-order valence-corrected chi connectivity index (χ2v) is 9.89. The number of amides is 3. The van der Waals surface area contributed by atoms with E-state index in [9.17, 15) is 27.6 Å². The van der Waals surface area contributed by atoms with Crippen LogP contribution in [0.15, 0.2) is 36.5 Å². The second kappa shape index (κ2) is 11.2. The predicted octanol–water partition coefficient (Wildman–Crippen LogP) is 3.87. The van der Waals surface area contributed by atoms with E-state index in [0.717, 1.165) is 10.9 Å². The van der Waals surface area contributed by atoms with Crippen molar-refractivity contribution in [3.05, 3.63) is 47.8 Å². The number of benzene rings is 1. The Kier molecular flexibility index (Phi) is 8.49. The Morgan fingerprint density at radius 1 is 1.11 bits per heavy atom. The van der Waals surface area contributed by atoms with Crippen LogP contribution in [-0.4, -0.2) is 75.3 Å². The van der Waals surface area contributed by atoms with E-state index in [2.05, 4.69) is 10.4 Å². The lowest BCUT2D eigenvalue weighted by Crippen LogP contribution is -2.56. The predicted molar refractivity (Wildman–Crippen MR) is 129 cm³/mol. The highest BCUT2D eigenvalue weighted by atomic mass is 19.4. The van der Waals surface area contributed by atoms with Gasteiger partial charge >= 0.3 is 12.3 Å². The number of hydrogen-bond acceptors (Lipinski definition) is 5. The highest BCUT2D eigenvalue weighted by Gasteiger charge is 2.39. The van der Waals surface area contributed by atoms with Crippen molar-refractivity contribution in [3.63, 3.8) is 0 Å². The summed E-state index contributed by atoms with van der Waals surface area (Å²) in [7, 11) is 0. The van der Waals surface area contributed by atoms with Gasteiger partial charge in [-0.1, -0.05) is 18.2 Å². The Morgan fingerprint density at radius 3 is 2.38 bits per heavy atom. The molecule has 2 heterocycles. The molecule has 1 atom stereocenters. The number of piperazine rings is 1. The third-order valence-corrected chi connectivity index (χ3v) is 5.70. The fourth-order valence-corrected chi connectivity index (χ4v) is 3.96. The molecule has 12 heteroatoms. The molecule has 1 aromatic heterocycles. The molecule has 2 aromatic rings. The second-order valence-electron chi connectivity index (χ2n) is 9.89. The van der Waals surface area contributed by atoms with Crippen molar-refractivity contribution < 1.29 is 32.3 Å². The van der Waals surface area contributed by atoms with E-state index in [1.807, 2.05) is 6.92 Å². The van der Waals surface area contributed by atoms with Crippen LogP contribution in [0.2, 0.25) is 0 Å². The van der Waals surface area contributed by atoms with Gasteiger partial charge < -0.3 is 19.9 Å². The van der Waals surface area contributed by atoms with Crippen LogP contribution in [0.3, 0.4) is 0 Å². The van der Waals surface area contributed by atoms with Crippen molar-refractivity contribution in [3.8, 4) is 5.69 Å². The summed E-state index contributed by atoms with van der Waals surface area (Å²) in [5.74, 6) is -1.07. The lowest BCUT2D eigenvalue weighted by molar-refractivity contribution is -0.141. The zero-order valence-electron chi connectivity index (χ0n) is 21.3. The van der Waals surface area contributed by atoms with Gasteiger partial charge in [0.1, 0.15) is 5.60 Å². The Hall–Kier alpha value is -3.57. The molecule has 1 aromatic carbocycles. The zero-order valence-corrected chi connectivity index (χ0v) is 21.3. The van der Waals surface area contributed by atoms with Gasteiger partial charge in [-0.15, -0.1) is 0 Å². The molecule has 202 valence electrons. The summed E-state index contributed by atoms with van der Waals surface area (Å²) >= 11 is 0. The first-order valence-electron chi connectivity index (χ1n) is 12.0. The summed E-state index contributed by atoms with van der Waals surface area (Å²) in [4.78, 5) is 40.7. The molecule has 0 saturated carbocycles. The molecule has 0 spiro atoms. The highest BCUT2D eigenvalue weighted by Crippen LogP contribution is 2.31. The number of para-hydroxylation sites is 1. The van der Waals surface area contributed by atoms with E-state index in [4.69, 9.17) is 4.74 Å². The van der Waals surface area contributed by atoms with Crippen LogP contribution in [0.5, 0.6) is 0 Å². The van der Waals surface area contributed by atoms with Crippen LogP contribution in [0.4, 0.5) is 18.0 Å². The monoisotopic (exact) mass is 523 g/mol. The minimum Gasteiger partial charge on any atom is -0.444 e. The van der Waals surface area contributed by atoms with Gasteiger partial charge in [-0.2, -0.15) is 18.3 Å². The minimum absolute atomic E-state index is 0.0185. The average molecular weight is 524 g/mol. The Bertz CT molecular complexity index is 1110. The van der Waals surface area contributed by atoms with E-state index in [-0.39, 0.29) is 31.3 Å². The van der Waals surface area contributed by atoms with Gasteiger partial charge in [-0.05, 0) is 46.2 Å². The molecular formula is C25H32F3N5O4. The number of rotatable bonds is 6. The van der Waals surface area contributed by atoms with Gasteiger partial charge in [0.15, 0.2) is 5.69 Å². The number of carbonyl (C=O) groups is 3. The van der Waals surface area contributed by atoms with Gasteiger partial charge in [0.25, 0.3) is 5.91 Å². The fourth-order valence-electron chi connectivity index (χ4n) is 3.96. The number of alkyl halides is 3. The molecular weight excluding hydrogens is 491 g/mol. The van der Waals surface area contributed by atoms with E-state index < -0.39 is 35.0 Å². The Labute approximate surface area is 213 Å². The lowest BCUT2D eigenvalue weighted by Gasteiger charge is -2.40. The summed E-state index contributed by atoms with van der Waals surface area (Å²) in [6.07, 6.45) is -3.84. The van der Waals surface area contributed by atoms with E-state index >= 15 is 0 Å². The maximum atomic E-state index is 13.5. The SMILES string of the molecule is CC1CN(C(=O)OC(C)(C)C)CCN1C(=O)CCCNC(=O)c1cn(-c2ccccc2)nc1C(F)(F)F. The number of carbonyl (C=O) groups excluding carboxylic acids is 3. The van der Waals surface area contributed by atoms with Crippen molar-refractivity contribution in [2.75, 3.05) is 26.2 Å². The molecule has 1 N–H and O–H groups in total. The maximum Gasteiger partial charge on any atom is 0.435 e. The van der Waals surface area contributed by atoms with Crippen LogP contribution in [0.1, 0.15) is 56.6 Å². The van der Waals surface area contributed by atoms with E-state index in [1.54, 1.807) is 60.9 Å². The maximum absolute atomic E-state index is 13.5. The first-order chi connectivity index (χ1) is 17.3. The topological polar surface area (TPSA) is 96.8 Å². The third kappa shape index (κ3) is 7.46. The number of aromatic nitrogens is 2. The van der Waals surface area contributed by atoms with Gasteiger partial charge in [0.2, 0.25) is 5.91 Å². The Morgan fingerprint density at radius 2 is 1.78 bits per heavy atom. The summed E-state index contributed by atoms with van der Waals surface area (Å²) in [6.45, 7) is 8.23. The van der Waals surface area contributed by atoms with Crippen LogP contribution in [0, 0.1) is 0 Å². The lowest BCUT2D eigenvalue weighted by atomic mass is 10.1. The van der Waals surface area contributed by atoms with Crippen molar-refractivity contribution in [1.82, 2.24) is 24.9 Å². The average Bonchev–Trinajstić information content (AvgIpc) is 3.27. The first kappa shape index (κ1) is 28.0. The molecule has 37 heavy (non-hydrogen) atoms. The largest absolute Gasteiger partial charge is 0.444 e. The standard InChI is InChI=1S/C25H32F3N5O4/c1-17-15-31(23(36)37-24(2,3)4)13-14-32(17)20(34)11-8-12-29-22(35)19-16-33(18-9-6-5-7-10-18)30-21(19)25(26,27)28/h5-7,9-10,16-17H,8,11-15H2,1-4H3,(H,29,35). The first-order valence-corrected chi connectivity index (χ1v) is 12.0. The van der Waals surface area contributed by atoms with Crippen molar-refractivity contribution in [2.24, 2.45) is 0 Å². The van der Waals surface area contributed by atoms with Crippen LogP contribution >= 0.6 is 0 Å². The summed E-state index contributed by atoms with van der Waals surface area (Å²) in [6, 6.07) is 7.96. The summed E-state index contributed by atoms with van der Waals surface area (Å²) < 4.78 is 46.9. The quantitative estimate of drug-likeness (QED) is 0.580. The van der Waals surface area contributed by atoms with E-state index in [0.29, 0.717) is 25.3 Å². The van der Waals surface area contributed by atoms with Crippen molar-refractivity contribution >= 4 is 17.9 Å². The smallest absolute Gasteiger partial charge is 0.435 e. The van der Waals surface area contributed by atoms with Crippen molar-refractivity contribution in [2.45, 2.75) is 58.4 Å². The number of halogens is 3. The van der Waals surface area contributed by atoms with Crippen LogP contribution in [-0.2, 0) is 15.7 Å². The summed E-state index contributed by atoms with van der Waals surface area (Å²) in [5.41, 5.74) is -2.09. The zero-order chi connectivity index (χ0) is 27.4. The normalized spacial score (nSPS) is 16.5. The Balaban J connectivity index is 1.52. The molecule has 3 rings (SSSR count). The number of ether oxygens (including phenoxy) is 1. The molecule has 9 nitrogen and oxygen atoms in total.